The second-order valence-electron chi connectivity index (χ2n) is 4.24. The molecule has 0 bridgehead atoms. The van der Waals surface area contributed by atoms with Crippen LogP contribution in [0.15, 0.2) is 0 Å². The summed E-state index contributed by atoms with van der Waals surface area (Å²) in [4.78, 5) is 13.1. The van der Waals surface area contributed by atoms with E-state index in [2.05, 4.69) is 18.6 Å². The van der Waals surface area contributed by atoms with Gasteiger partial charge < -0.3 is 9.47 Å². The van der Waals surface area contributed by atoms with Gasteiger partial charge in [-0.2, -0.15) is 0 Å². The molecule has 4 nitrogen and oxygen atoms in total. The third kappa shape index (κ3) is 8.68. The standard InChI is InChI=1S/C12H25NO3/c1-5-13(10-12(14)15-4)7-9-16-8-6-11(2)3/h11H,5-10H2,1-4H3. The van der Waals surface area contributed by atoms with E-state index in [4.69, 9.17) is 4.74 Å². The molecule has 0 aliphatic rings. The number of rotatable bonds is 9. The Hall–Kier alpha value is -0.610. The van der Waals surface area contributed by atoms with Crippen molar-refractivity contribution in [3.8, 4) is 0 Å². The summed E-state index contributed by atoms with van der Waals surface area (Å²) in [6.07, 6.45) is 1.09. The molecular formula is C12H25NO3. The summed E-state index contributed by atoms with van der Waals surface area (Å²) in [6, 6.07) is 0. The van der Waals surface area contributed by atoms with Crippen molar-refractivity contribution in [1.82, 2.24) is 4.90 Å². The van der Waals surface area contributed by atoms with Gasteiger partial charge in [0.1, 0.15) is 0 Å². The van der Waals surface area contributed by atoms with Crippen LogP contribution in [0.4, 0.5) is 0 Å². The molecule has 96 valence electrons. The van der Waals surface area contributed by atoms with Gasteiger partial charge in [0.05, 0.1) is 20.3 Å². The van der Waals surface area contributed by atoms with Crippen LogP contribution in [0, 0.1) is 5.92 Å². The summed E-state index contributed by atoms with van der Waals surface area (Å²) in [5, 5.41) is 0. The van der Waals surface area contributed by atoms with E-state index in [0.29, 0.717) is 19.1 Å². The Morgan fingerprint density at radius 1 is 1.31 bits per heavy atom. The maximum atomic E-state index is 11.1. The number of esters is 1. The molecule has 0 atom stereocenters. The van der Waals surface area contributed by atoms with E-state index in [1.165, 1.54) is 7.11 Å². The summed E-state index contributed by atoms with van der Waals surface area (Å²) < 4.78 is 10.1. The molecular weight excluding hydrogens is 206 g/mol. The normalized spacial score (nSPS) is 11.1. The van der Waals surface area contributed by atoms with Gasteiger partial charge in [-0.15, -0.1) is 0 Å². The minimum Gasteiger partial charge on any atom is -0.468 e. The lowest BCUT2D eigenvalue weighted by molar-refractivity contribution is -0.142. The number of likely N-dealkylation sites (N-methyl/N-ethyl adjacent to an activating group) is 1. The predicted octanol–water partition coefficient (Wildman–Crippen LogP) is 1.54. The third-order valence-corrected chi connectivity index (χ3v) is 2.42. The Labute approximate surface area is 98.9 Å². The number of methoxy groups -OCH3 is 1. The number of carbonyl (C=O) groups excluding carboxylic acids is 1. The van der Waals surface area contributed by atoms with Crippen molar-refractivity contribution in [3.05, 3.63) is 0 Å². The molecule has 0 aromatic rings. The average Bonchev–Trinajstić information content (AvgIpc) is 2.26. The van der Waals surface area contributed by atoms with Crippen molar-refractivity contribution in [3.63, 3.8) is 0 Å². The highest BCUT2D eigenvalue weighted by Gasteiger charge is 2.08. The summed E-state index contributed by atoms with van der Waals surface area (Å²) >= 11 is 0. The largest absolute Gasteiger partial charge is 0.468 e. The van der Waals surface area contributed by atoms with E-state index < -0.39 is 0 Å². The van der Waals surface area contributed by atoms with Gasteiger partial charge >= 0.3 is 5.97 Å². The molecule has 0 saturated carbocycles. The number of hydrogen-bond donors (Lipinski definition) is 0. The van der Waals surface area contributed by atoms with E-state index in [1.54, 1.807) is 0 Å². The molecule has 0 aliphatic heterocycles. The van der Waals surface area contributed by atoms with Crippen LogP contribution < -0.4 is 0 Å². The first kappa shape index (κ1) is 15.4. The average molecular weight is 231 g/mol. The van der Waals surface area contributed by atoms with E-state index in [1.807, 2.05) is 11.8 Å². The molecule has 16 heavy (non-hydrogen) atoms. The molecule has 0 N–H and O–H groups in total. The van der Waals surface area contributed by atoms with Crippen LogP contribution in [0.2, 0.25) is 0 Å². The van der Waals surface area contributed by atoms with Gasteiger partial charge in [0.25, 0.3) is 0 Å². The lowest BCUT2D eigenvalue weighted by atomic mass is 10.1. The van der Waals surface area contributed by atoms with E-state index in [9.17, 15) is 4.79 Å². The van der Waals surface area contributed by atoms with Gasteiger partial charge in [-0.25, -0.2) is 0 Å². The van der Waals surface area contributed by atoms with Crippen molar-refractivity contribution in [1.29, 1.82) is 0 Å². The Morgan fingerprint density at radius 3 is 2.50 bits per heavy atom. The first-order valence-corrected chi connectivity index (χ1v) is 5.97. The molecule has 0 saturated heterocycles. The third-order valence-electron chi connectivity index (χ3n) is 2.42. The van der Waals surface area contributed by atoms with Gasteiger partial charge in [-0.05, 0) is 18.9 Å². The second kappa shape index (κ2) is 9.60. The van der Waals surface area contributed by atoms with Crippen molar-refractivity contribution < 1.29 is 14.3 Å². The fraction of sp³-hybridized carbons (Fsp3) is 0.917. The number of ether oxygens (including phenoxy) is 2. The fourth-order valence-electron chi connectivity index (χ4n) is 1.21. The minimum atomic E-state index is -0.191. The van der Waals surface area contributed by atoms with Crippen molar-refractivity contribution in [2.45, 2.75) is 27.2 Å². The van der Waals surface area contributed by atoms with Crippen LogP contribution in [0.5, 0.6) is 0 Å². The molecule has 0 rings (SSSR count). The number of carbonyl (C=O) groups is 1. The van der Waals surface area contributed by atoms with Crippen molar-refractivity contribution >= 4 is 5.97 Å². The van der Waals surface area contributed by atoms with Crippen LogP contribution in [0.1, 0.15) is 27.2 Å². The lowest BCUT2D eigenvalue weighted by Gasteiger charge is -2.18. The number of hydrogen-bond acceptors (Lipinski definition) is 4. The Kier molecular flexibility index (Phi) is 9.24. The lowest BCUT2D eigenvalue weighted by Crippen LogP contribution is -2.33. The molecule has 4 heteroatoms. The maximum Gasteiger partial charge on any atom is 0.319 e. The van der Waals surface area contributed by atoms with Gasteiger partial charge in [-0.3, -0.25) is 9.69 Å². The first-order chi connectivity index (χ1) is 7.60. The molecule has 0 spiro atoms. The Bertz CT molecular complexity index is 183. The molecule has 0 aliphatic carbocycles. The summed E-state index contributed by atoms with van der Waals surface area (Å²) in [6.45, 7) is 9.83. The zero-order valence-electron chi connectivity index (χ0n) is 11.0. The van der Waals surface area contributed by atoms with Gasteiger partial charge in [0, 0.05) is 13.2 Å². The molecule has 0 aromatic carbocycles. The maximum absolute atomic E-state index is 11.1. The topological polar surface area (TPSA) is 38.8 Å². The highest BCUT2D eigenvalue weighted by molar-refractivity contribution is 5.71. The molecule has 0 aromatic heterocycles. The van der Waals surface area contributed by atoms with Crippen LogP contribution in [-0.4, -0.2) is 50.8 Å². The quantitative estimate of drug-likeness (QED) is 0.446. The summed E-state index contributed by atoms with van der Waals surface area (Å²) in [5.41, 5.74) is 0. The zero-order valence-corrected chi connectivity index (χ0v) is 11.0. The fourth-order valence-corrected chi connectivity index (χ4v) is 1.21. The smallest absolute Gasteiger partial charge is 0.319 e. The van der Waals surface area contributed by atoms with Crippen LogP contribution in [-0.2, 0) is 14.3 Å². The monoisotopic (exact) mass is 231 g/mol. The van der Waals surface area contributed by atoms with E-state index in [0.717, 1.165) is 26.1 Å². The van der Waals surface area contributed by atoms with Gasteiger partial charge in [0.2, 0.25) is 0 Å². The highest BCUT2D eigenvalue weighted by Crippen LogP contribution is 1.99. The molecule has 0 radical (unpaired) electrons. The summed E-state index contributed by atoms with van der Waals surface area (Å²) in [7, 11) is 1.41. The second-order valence-corrected chi connectivity index (χ2v) is 4.24. The van der Waals surface area contributed by atoms with Crippen molar-refractivity contribution in [2.75, 3.05) is 40.0 Å². The molecule has 0 unspecified atom stereocenters. The van der Waals surface area contributed by atoms with Crippen LogP contribution in [0.25, 0.3) is 0 Å². The predicted molar refractivity (Wildman–Crippen MR) is 64.4 cm³/mol. The molecule has 0 heterocycles. The van der Waals surface area contributed by atoms with Crippen LogP contribution >= 0.6 is 0 Å². The first-order valence-electron chi connectivity index (χ1n) is 5.97. The van der Waals surface area contributed by atoms with E-state index >= 15 is 0 Å². The van der Waals surface area contributed by atoms with Crippen LogP contribution in [0.3, 0.4) is 0 Å². The van der Waals surface area contributed by atoms with Gasteiger partial charge in [-0.1, -0.05) is 20.8 Å². The Balaban J connectivity index is 3.51. The Morgan fingerprint density at radius 2 is 2.00 bits per heavy atom. The van der Waals surface area contributed by atoms with Gasteiger partial charge in [0.15, 0.2) is 0 Å². The SMILES string of the molecule is CCN(CCOCCC(C)C)CC(=O)OC. The van der Waals surface area contributed by atoms with E-state index in [-0.39, 0.29) is 5.97 Å². The molecule has 0 amide bonds. The minimum absolute atomic E-state index is 0.191. The van der Waals surface area contributed by atoms with Crippen molar-refractivity contribution in [2.24, 2.45) is 5.92 Å². The molecule has 0 fully saturated rings. The summed E-state index contributed by atoms with van der Waals surface area (Å²) in [5.74, 6) is 0.487. The highest BCUT2D eigenvalue weighted by atomic mass is 16.5. The zero-order chi connectivity index (χ0) is 12.4. The number of nitrogens with zero attached hydrogens (tertiary/aromatic N) is 1.